The highest BCUT2D eigenvalue weighted by atomic mass is 35.5. The van der Waals surface area contributed by atoms with E-state index < -0.39 is 0 Å². The van der Waals surface area contributed by atoms with Crippen LogP contribution >= 0.6 is 11.6 Å². The van der Waals surface area contributed by atoms with Crippen molar-refractivity contribution < 1.29 is 0 Å². The molecule has 0 aliphatic heterocycles. The lowest BCUT2D eigenvalue weighted by atomic mass is 10.2. The van der Waals surface area contributed by atoms with Gasteiger partial charge in [0.1, 0.15) is 12.7 Å². The van der Waals surface area contributed by atoms with Gasteiger partial charge >= 0.3 is 0 Å². The summed E-state index contributed by atoms with van der Waals surface area (Å²) in [5.41, 5.74) is 7.08. The van der Waals surface area contributed by atoms with E-state index in [-0.39, 0.29) is 0 Å². The molecule has 2 rings (SSSR count). The standard InChI is InChI=1S/C9H7ClN4/c10-6-1-2-8(11)7(3-6)9-13-4-12-5-14-9/h1-5H,11H2. The van der Waals surface area contributed by atoms with Gasteiger partial charge in [0.05, 0.1) is 0 Å². The van der Waals surface area contributed by atoms with Crippen LogP contribution < -0.4 is 5.73 Å². The summed E-state index contributed by atoms with van der Waals surface area (Å²) in [5.74, 6) is 0.528. The van der Waals surface area contributed by atoms with Crippen LogP contribution in [-0.2, 0) is 0 Å². The molecule has 0 radical (unpaired) electrons. The molecule has 0 spiro atoms. The van der Waals surface area contributed by atoms with E-state index in [0.29, 0.717) is 16.5 Å². The smallest absolute Gasteiger partial charge is 0.164 e. The van der Waals surface area contributed by atoms with Gasteiger partial charge in [0.15, 0.2) is 5.82 Å². The van der Waals surface area contributed by atoms with E-state index in [2.05, 4.69) is 15.0 Å². The highest BCUT2D eigenvalue weighted by molar-refractivity contribution is 6.31. The average Bonchev–Trinajstić information content (AvgIpc) is 2.23. The lowest BCUT2D eigenvalue weighted by Gasteiger charge is -2.03. The first-order valence-electron chi connectivity index (χ1n) is 3.95. The van der Waals surface area contributed by atoms with Crippen molar-refractivity contribution in [2.24, 2.45) is 0 Å². The Bertz CT molecular complexity index is 444. The number of rotatable bonds is 1. The van der Waals surface area contributed by atoms with E-state index in [0.717, 1.165) is 5.56 Å². The summed E-state index contributed by atoms with van der Waals surface area (Å²) in [6.07, 6.45) is 2.84. The lowest BCUT2D eigenvalue weighted by Crippen LogP contribution is -1.94. The van der Waals surface area contributed by atoms with E-state index in [1.165, 1.54) is 12.7 Å². The van der Waals surface area contributed by atoms with Gasteiger partial charge in [-0.15, -0.1) is 0 Å². The van der Waals surface area contributed by atoms with Crippen LogP contribution in [0.2, 0.25) is 5.02 Å². The molecule has 4 nitrogen and oxygen atoms in total. The average molecular weight is 207 g/mol. The maximum Gasteiger partial charge on any atom is 0.164 e. The molecule has 0 bridgehead atoms. The Morgan fingerprint density at radius 2 is 1.86 bits per heavy atom. The summed E-state index contributed by atoms with van der Waals surface area (Å²) in [6, 6.07) is 5.18. The Hall–Kier alpha value is -1.68. The molecule has 0 amide bonds. The normalized spacial score (nSPS) is 10.1. The molecule has 1 heterocycles. The summed E-state index contributed by atoms with van der Waals surface area (Å²) in [6.45, 7) is 0. The van der Waals surface area contributed by atoms with E-state index in [4.69, 9.17) is 17.3 Å². The van der Waals surface area contributed by atoms with Gasteiger partial charge in [-0.05, 0) is 18.2 Å². The molecule has 0 aliphatic rings. The molecular weight excluding hydrogens is 200 g/mol. The van der Waals surface area contributed by atoms with Gasteiger partial charge in [-0.3, -0.25) is 0 Å². The van der Waals surface area contributed by atoms with Crippen LogP contribution in [0.15, 0.2) is 30.9 Å². The van der Waals surface area contributed by atoms with Crippen LogP contribution in [0.5, 0.6) is 0 Å². The molecule has 2 N–H and O–H groups in total. The maximum absolute atomic E-state index is 5.84. The third-order valence-corrected chi connectivity index (χ3v) is 1.98. The van der Waals surface area contributed by atoms with Crippen LogP contribution in [0, 0.1) is 0 Å². The molecule has 2 aromatic rings. The molecule has 70 valence electrons. The van der Waals surface area contributed by atoms with Crippen molar-refractivity contribution in [3.63, 3.8) is 0 Å². The fraction of sp³-hybridized carbons (Fsp3) is 0. The van der Waals surface area contributed by atoms with E-state index in [1.54, 1.807) is 18.2 Å². The molecule has 0 saturated heterocycles. The fourth-order valence-electron chi connectivity index (χ4n) is 1.10. The summed E-state index contributed by atoms with van der Waals surface area (Å²) >= 11 is 5.84. The first-order valence-corrected chi connectivity index (χ1v) is 4.32. The van der Waals surface area contributed by atoms with Crippen molar-refractivity contribution in [1.82, 2.24) is 15.0 Å². The predicted octanol–water partition coefficient (Wildman–Crippen LogP) is 1.77. The Morgan fingerprint density at radius 3 is 2.57 bits per heavy atom. The number of benzene rings is 1. The van der Waals surface area contributed by atoms with Gasteiger partial charge < -0.3 is 5.73 Å². The monoisotopic (exact) mass is 206 g/mol. The van der Waals surface area contributed by atoms with Gasteiger partial charge in [-0.25, -0.2) is 15.0 Å². The lowest BCUT2D eigenvalue weighted by molar-refractivity contribution is 1.06. The maximum atomic E-state index is 5.84. The van der Waals surface area contributed by atoms with E-state index in [1.807, 2.05) is 0 Å². The minimum Gasteiger partial charge on any atom is -0.398 e. The van der Waals surface area contributed by atoms with Crippen molar-refractivity contribution in [3.8, 4) is 11.4 Å². The molecule has 14 heavy (non-hydrogen) atoms. The van der Waals surface area contributed by atoms with E-state index >= 15 is 0 Å². The van der Waals surface area contributed by atoms with Crippen LogP contribution in [0.25, 0.3) is 11.4 Å². The van der Waals surface area contributed by atoms with Crippen LogP contribution in [-0.4, -0.2) is 15.0 Å². The summed E-state index contributed by atoms with van der Waals surface area (Å²) in [4.78, 5) is 11.7. The molecule has 0 saturated carbocycles. The summed E-state index contributed by atoms with van der Waals surface area (Å²) < 4.78 is 0. The molecule has 0 atom stereocenters. The Kier molecular flexibility index (Phi) is 2.28. The van der Waals surface area contributed by atoms with Crippen molar-refractivity contribution in [1.29, 1.82) is 0 Å². The minimum absolute atomic E-state index is 0.528. The molecule has 0 fully saturated rings. The second kappa shape index (κ2) is 3.59. The minimum atomic E-state index is 0.528. The second-order valence-electron chi connectivity index (χ2n) is 2.69. The van der Waals surface area contributed by atoms with Crippen molar-refractivity contribution in [3.05, 3.63) is 35.9 Å². The summed E-state index contributed by atoms with van der Waals surface area (Å²) in [5, 5.41) is 0.606. The number of anilines is 1. The first-order chi connectivity index (χ1) is 6.77. The third kappa shape index (κ3) is 1.65. The molecule has 0 aliphatic carbocycles. The number of hydrogen-bond acceptors (Lipinski definition) is 4. The van der Waals surface area contributed by atoms with Crippen LogP contribution in [0.3, 0.4) is 0 Å². The first kappa shape index (κ1) is 8.90. The molecule has 5 heteroatoms. The Morgan fingerprint density at radius 1 is 1.14 bits per heavy atom. The van der Waals surface area contributed by atoms with E-state index in [9.17, 15) is 0 Å². The summed E-state index contributed by atoms with van der Waals surface area (Å²) in [7, 11) is 0. The van der Waals surface area contributed by atoms with Gasteiger partial charge in [0.2, 0.25) is 0 Å². The fourth-order valence-corrected chi connectivity index (χ4v) is 1.27. The quantitative estimate of drug-likeness (QED) is 0.723. The Balaban J connectivity index is 2.57. The Labute approximate surface area is 85.8 Å². The van der Waals surface area contributed by atoms with Crippen LogP contribution in [0.4, 0.5) is 5.69 Å². The van der Waals surface area contributed by atoms with Gasteiger partial charge in [-0.2, -0.15) is 0 Å². The molecular formula is C9H7ClN4. The van der Waals surface area contributed by atoms with Gasteiger partial charge in [0, 0.05) is 16.3 Å². The largest absolute Gasteiger partial charge is 0.398 e. The number of halogens is 1. The number of nitrogens with two attached hydrogens (primary N) is 1. The molecule has 1 aromatic heterocycles. The topological polar surface area (TPSA) is 64.7 Å². The highest BCUT2D eigenvalue weighted by Crippen LogP contribution is 2.25. The van der Waals surface area contributed by atoms with Crippen LogP contribution in [0.1, 0.15) is 0 Å². The second-order valence-corrected chi connectivity index (χ2v) is 3.13. The zero-order valence-corrected chi connectivity index (χ0v) is 7.94. The number of nitrogens with zero attached hydrogens (tertiary/aromatic N) is 3. The number of hydrogen-bond donors (Lipinski definition) is 1. The highest BCUT2D eigenvalue weighted by Gasteiger charge is 2.05. The van der Waals surface area contributed by atoms with Crippen molar-refractivity contribution in [2.75, 3.05) is 5.73 Å². The number of aromatic nitrogens is 3. The van der Waals surface area contributed by atoms with Gasteiger partial charge in [0.25, 0.3) is 0 Å². The molecule has 0 unspecified atom stereocenters. The zero-order valence-electron chi connectivity index (χ0n) is 7.18. The SMILES string of the molecule is Nc1ccc(Cl)cc1-c1ncncn1. The molecule has 1 aromatic carbocycles. The van der Waals surface area contributed by atoms with Crippen molar-refractivity contribution in [2.45, 2.75) is 0 Å². The number of nitrogen functional groups attached to an aromatic ring is 1. The third-order valence-electron chi connectivity index (χ3n) is 1.75. The van der Waals surface area contributed by atoms with Gasteiger partial charge in [-0.1, -0.05) is 11.6 Å². The zero-order chi connectivity index (χ0) is 9.97. The van der Waals surface area contributed by atoms with Crippen molar-refractivity contribution >= 4 is 17.3 Å². The predicted molar refractivity (Wildman–Crippen MR) is 54.7 cm³/mol.